The van der Waals surface area contributed by atoms with E-state index in [9.17, 15) is 4.79 Å². The second-order valence-corrected chi connectivity index (χ2v) is 6.01. The van der Waals surface area contributed by atoms with Crippen LogP contribution in [0.3, 0.4) is 0 Å². The Morgan fingerprint density at radius 1 is 1.17 bits per heavy atom. The number of amides is 1. The summed E-state index contributed by atoms with van der Waals surface area (Å²) in [6.07, 6.45) is 0.957. The molecule has 23 heavy (non-hydrogen) atoms. The van der Waals surface area contributed by atoms with Crippen molar-refractivity contribution in [2.75, 3.05) is 17.2 Å². The van der Waals surface area contributed by atoms with Gasteiger partial charge in [0.25, 0.3) is 5.91 Å². The zero-order valence-corrected chi connectivity index (χ0v) is 13.6. The summed E-state index contributed by atoms with van der Waals surface area (Å²) in [5, 5.41) is 0. The fourth-order valence-electron chi connectivity index (χ4n) is 2.87. The molecule has 0 fully saturated rings. The van der Waals surface area contributed by atoms with E-state index in [0.29, 0.717) is 24.4 Å². The van der Waals surface area contributed by atoms with Gasteiger partial charge in [0.1, 0.15) is 5.75 Å². The molecule has 1 heterocycles. The zero-order valence-electron chi connectivity index (χ0n) is 13.6. The lowest BCUT2D eigenvalue weighted by Gasteiger charge is -2.34. The van der Waals surface area contributed by atoms with Gasteiger partial charge in [-0.25, -0.2) is 0 Å². The Kier molecular flexibility index (Phi) is 4.24. The molecule has 3 rings (SSSR count). The molecule has 1 aliphatic heterocycles. The monoisotopic (exact) mass is 310 g/mol. The quantitative estimate of drug-likeness (QED) is 0.881. The van der Waals surface area contributed by atoms with Gasteiger partial charge in [0, 0.05) is 24.7 Å². The van der Waals surface area contributed by atoms with Crippen LogP contribution in [-0.4, -0.2) is 18.6 Å². The normalized spacial score (nSPS) is 16.9. The van der Waals surface area contributed by atoms with E-state index in [4.69, 9.17) is 10.5 Å². The summed E-state index contributed by atoms with van der Waals surface area (Å²) in [5.74, 6) is 0.708. The standard InChI is InChI=1S/C19H22N2O2/c1-3-10-21-16-9-8-15(20)12-17(16)23-18(19(21)22)11-14-6-4-13(2)5-7-14/h4-9,12,18H,3,10-11,20H2,1-2H3. The molecule has 1 amide bonds. The van der Waals surface area contributed by atoms with Crippen LogP contribution in [0.15, 0.2) is 42.5 Å². The zero-order chi connectivity index (χ0) is 16.4. The maximum absolute atomic E-state index is 12.8. The van der Waals surface area contributed by atoms with E-state index in [1.807, 2.05) is 30.0 Å². The van der Waals surface area contributed by atoms with Crippen molar-refractivity contribution in [2.45, 2.75) is 32.8 Å². The van der Waals surface area contributed by atoms with Crippen LogP contribution in [0.4, 0.5) is 11.4 Å². The molecule has 120 valence electrons. The van der Waals surface area contributed by atoms with Crippen molar-refractivity contribution in [2.24, 2.45) is 0 Å². The second kappa shape index (κ2) is 6.32. The van der Waals surface area contributed by atoms with Crippen molar-refractivity contribution in [3.05, 3.63) is 53.6 Å². The first kappa shape index (κ1) is 15.4. The Hall–Kier alpha value is -2.49. The van der Waals surface area contributed by atoms with Gasteiger partial charge in [0.15, 0.2) is 6.10 Å². The summed E-state index contributed by atoms with van der Waals surface area (Å²) in [5.41, 5.74) is 9.62. The summed E-state index contributed by atoms with van der Waals surface area (Å²) < 4.78 is 5.96. The molecular formula is C19H22N2O2. The number of carbonyl (C=O) groups excluding carboxylic acids is 1. The molecule has 2 aromatic rings. The molecule has 0 aliphatic carbocycles. The highest BCUT2D eigenvalue weighted by atomic mass is 16.5. The van der Waals surface area contributed by atoms with Gasteiger partial charge in [-0.05, 0) is 31.0 Å². The minimum Gasteiger partial charge on any atom is -0.478 e. The Balaban J connectivity index is 1.90. The number of nitrogen functional groups attached to an aromatic ring is 1. The predicted octanol–water partition coefficient (Wildman–Crippen LogP) is 3.32. The van der Waals surface area contributed by atoms with Gasteiger partial charge in [-0.3, -0.25) is 4.79 Å². The third kappa shape index (κ3) is 3.16. The van der Waals surface area contributed by atoms with Gasteiger partial charge < -0.3 is 15.4 Å². The molecule has 1 atom stereocenters. The molecule has 0 aromatic heterocycles. The number of carbonyl (C=O) groups is 1. The molecule has 2 aromatic carbocycles. The van der Waals surface area contributed by atoms with Crippen LogP contribution < -0.4 is 15.4 Å². The smallest absolute Gasteiger partial charge is 0.268 e. The van der Waals surface area contributed by atoms with Gasteiger partial charge >= 0.3 is 0 Å². The van der Waals surface area contributed by atoms with E-state index < -0.39 is 6.10 Å². The van der Waals surface area contributed by atoms with Gasteiger partial charge in [0.05, 0.1) is 5.69 Å². The summed E-state index contributed by atoms with van der Waals surface area (Å²) >= 11 is 0. The van der Waals surface area contributed by atoms with Crippen LogP contribution in [0.1, 0.15) is 24.5 Å². The van der Waals surface area contributed by atoms with Gasteiger partial charge in [-0.1, -0.05) is 36.8 Å². The molecule has 4 heteroatoms. The molecule has 1 aliphatic rings. The van der Waals surface area contributed by atoms with Crippen molar-refractivity contribution in [1.29, 1.82) is 0 Å². The van der Waals surface area contributed by atoms with Crippen LogP contribution in [0.25, 0.3) is 0 Å². The summed E-state index contributed by atoms with van der Waals surface area (Å²) in [6, 6.07) is 13.7. The van der Waals surface area contributed by atoms with Crippen molar-refractivity contribution in [1.82, 2.24) is 0 Å². The molecule has 0 saturated carbocycles. The summed E-state index contributed by atoms with van der Waals surface area (Å²) in [6.45, 7) is 4.80. The lowest BCUT2D eigenvalue weighted by molar-refractivity contribution is -0.126. The topological polar surface area (TPSA) is 55.6 Å². The predicted molar refractivity (Wildman–Crippen MR) is 92.8 cm³/mol. The summed E-state index contributed by atoms with van der Waals surface area (Å²) in [7, 11) is 0. The number of aryl methyl sites for hydroxylation is 1. The van der Waals surface area contributed by atoms with Crippen LogP contribution in [0.2, 0.25) is 0 Å². The molecule has 0 saturated heterocycles. The van der Waals surface area contributed by atoms with E-state index in [0.717, 1.165) is 17.7 Å². The van der Waals surface area contributed by atoms with Crippen LogP contribution in [-0.2, 0) is 11.2 Å². The van der Waals surface area contributed by atoms with Gasteiger partial charge in [-0.15, -0.1) is 0 Å². The van der Waals surface area contributed by atoms with Crippen LogP contribution in [0.5, 0.6) is 5.75 Å². The van der Waals surface area contributed by atoms with Gasteiger partial charge in [0.2, 0.25) is 0 Å². The average Bonchev–Trinajstić information content (AvgIpc) is 2.53. The SMILES string of the molecule is CCCN1C(=O)C(Cc2ccc(C)cc2)Oc2cc(N)ccc21. The van der Waals surface area contributed by atoms with Crippen LogP contribution in [0, 0.1) is 6.92 Å². The van der Waals surface area contributed by atoms with Crippen molar-refractivity contribution < 1.29 is 9.53 Å². The molecule has 2 N–H and O–H groups in total. The number of nitrogens with zero attached hydrogens (tertiary/aromatic N) is 1. The molecular weight excluding hydrogens is 288 g/mol. The highest BCUT2D eigenvalue weighted by Crippen LogP contribution is 2.36. The van der Waals surface area contributed by atoms with Crippen molar-refractivity contribution >= 4 is 17.3 Å². The largest absolute Gasteiger partial charge is 0.478 e. The fourth-order valence-corrected chi connectivity index (χ4v) is 2.87. The lowest BCUT2D eigenvalue weighted by atomic mass is 10.0. The minimum absolute atomic E-state index is 0.0182. The Morgan fingerprint density at radius 3 is 2.61 bits per heavy atom. The van der Waals surface area contributed by atoms with Crippen molar-refractivity contribution in [3.63, 3.8) is 0 Å². The molecule has 0 spiro atoms. The Morgan fingerprint density at radius 2 is 1.91 bits per heavy atom. The maximum atomic E-state index is 12.8. The average molecular weight is 310 g/mol. The first-order valence-corrected chi connectivity index (χ1v) is 8.01. The Bertz CT molecular complexity index is 710. The van der Waals surface area contributed by atoms with E-state index in [1.165, 1.54) is 5.56 Å². The van der Waals surface area contributed by atoms with E-state index in [-0.39, 0.29) is 5.91 Å². The third-order valence-corrected chi connectivity index (χ3v) is 4.07. The number of ether oxygens (including phenoxy) is 1. The summed E-state index contributed by atoms with van der Waals surface area (Å²) in [4.78, 5) is 14.6. The number of anilines is 2. The minimum atomic E-state index is -0.501. The fraction of sp³-hybridized carbons (Fsp3) is 0.316. The number of fused-ring (bicyclic) bond motifs is 1. The van der Waals surface area contributed by atoms with E-state index in [2.05, 4.69) is 19.1 Å². The first-order valence-electron chi connectivity index (χ1n) is 8.01. The number of rotatable bonds is 4. The molecule has 0 bridgehead atoms. The maximum Gasteiger partial charge on any atom is 0.268 e. The van der Waals surface area contributed by atoms with Crippen molar-refractivity contribution in [3.8, 4) is 5.75 Å². The highest BCUT2D eigenvalue weighted by molar-refractivity contribution is 6.00. The first-order chi connectivity index (χ1) is 11.1. The van der Waals surface area contributed by atoms with E-state index in [1.54, 1.807) is 12.1 Å². The third-order valence-electron chi connectivity index (χ3n) is 4.07. The molecule has 1 unspecified atom stereocenters. The number of nitrogens with two attached hydrogens (primary N) is 1. The molecule has 0 radical (unpaired) electrons. The lowest BCUT2D eigenvalue weighted by Crippen LogP contribution is -2.47. The van der Waals surface area contributed by atoms with Gasteiger partial charge in [-0.2, -0.15) is 0 Å². The van der Waals surface area contributed by atoms with Crippen LogP contribution >= 0.6 is 0 Å². The number of benzene rings is 2. The number of hydrogen-bond donors (Lipinski definition) is 1. The number of hydrogen-bond acceptors (Lipinski definition) is 3. The molecule has 4 nitrogen and oxygen atoms in total. The second-order valence-electron chi connectivity index (χ2n) is 6.01. The van der Waals surface area contributed by atoms with E-state index >= 15 is 0 Å². The Labute approximate surface area is 136 Å². The highest BCUT2D eigenvalue weighted by Gasteiger charge is 2.34.